The van der Waals surface area contributed by atoms with Crippen molar-refractivity contribution >= 4 is 17.8 Å². The Labute approximate surface area is 158 Å². The van der Waals surface area contributed by atoms with Crippen molar-refractivity contribution in [2.75, 3.05) is 0 Å². The van der Waals surface area contributed by atoms with Crippen LogP contribution < -0.4 is 10.6 Å². The number of hydrogen-bond acceptors (Lipinski definition) is 3. The number of carboxylic acids is 1. The molecule has 0 aliphatic rings. The number of benzene rings is 2. The van der Waals surface area contributed by atoms with Gasteiger partial charge in [0.1, 0.15) is 0 Å². The van der Waals surface area contributed by atoms with E-state index in [1.807, 2.05) is 50.2 Å². The second-order valence-corrected chi connectivity index (χ2v) is 6.55. The topological polar surface area (TPSA) is 95.5 Å². The number of nitrogens with one attached hydrogen (secondary N) is 2. The molecule has 3 N–H and O–H groups in total. The first-order valence-electron chi connectivity index (χ1n) is 8.69. The standard InChI is InChI=1S/C21H24N2O4/c1-13-9-10-17(11-14(13)2)20(21(26)27)23-19(25)12-18(22-15(3)24)16-7-5-4-6-8-16/h4-11,18,20H,12H2,1-3H3,(H,22,24)(H,23,25)(H,26,27). The van der Waals surface area contributed by atoms with Crippen LogP contribution in [0.4, 0.5) is 0 Å². The summed E-state index contributed by atoms with van der Waals surface area (Å²) in [4.78, 5) is 35.7. The van der Waals surface area contributed by atoms with Crippen LogP contribution >= 0.6 is 0 Å². The quantitative estimate of drug-likeness (QED) is 0.700. The van der Waals surface area contributed by atoms with Crippen molar-refractivity contribution in [2.45, 2.75) is 39.3 Å². The molecule has 0 heterocycles. The first kappa shape index (κ1) is 20.2. The fourth-order valence-corrected chi connectivity index (χ4v) is 2.82. The molecule has 27 heavy (non-hydrogen) atoms. The van der Waals surface area contributed by atoms with Gasteiger partial charge < -0.3 is 15.7 Å². The van der Waals surface area contributed by atoms with Crippen molar-refractivity contribution in [1.29, 1.82) is 0 Å². The number of rotatable bonds is 7. The lowest BCUT2D eigenvalue weighted by Crippen LogP contribution is -2.37. The highest BCUT2D eigenvalue weighted by atomic mass is 16.4. The van der Waals surface area contributed by atoms with Crippen LogP contribution in [0, 0.1) is 13.8 Å². The van der Waals surface area contributed by atoms with Crippen LogP contribution in [-0.2, 0) is 14.4 Å². The van der Waals surface area contributed by atoms with E-state index in [1.165, 1.54) is 6.92 Å². The van der Waals surface area contributed by atoms with Gasteiger partial charge >= 0.3 is 5.97 Å². The van der Waals surface area contributed by atoms with Crippen molar-refractivity contribution in [1.82, 2.24) is 10.6 Å². The number of carboxylic acid groups (broad SMARTS) is 1. The van der Waals surface area contributed by atoms with Crippen molar-refractivity contribution in [3.8, 4) is 0 Å². The number of hydrogen-bond donors (Lipinski definition) is 3. The molecule has 2 aromatic carbocycles. The Bertz CT molecular complexity index is 833. The van der Waals surface area contributed by atoms with Gasteiger partial charge in [0.05, 0.1) is 12.5 Å². The predicted molar refractivity (Wildman–Crippen MR) is 102 cm³/mol. The minimum absolute atomic E-state index is 0.0573. The van der Waals surface area contributed by atoms with Crippen LogP contribution in [0.5, 0.6) is 0 Å². The molecule has 2 atom stereocenters. The van der Waals surface area contributed by atoms with Gasteiger partial charge in [-0.2, -0.15) is 0 Å². The van der Waals surface area contributed by atoms with E-state index in [9.17, 15) is 19.5 Å². The third-order valence-corrected chi connectivity index (χ3v) is 4.39. The van der Waals surface area contributed by atoms with Crippen molar-refractivity contribution in [2.24, 2.45) is 0 Å². The van der Waals surface area contributed by atoms with Gasteiger partial charge in [0, 0.05) is 6.92 Å². The SMILES string of the molecule is CC(=O)NC(CC(=O)NC(C(=O)O)c1ccc(C)c(C)c1)c1ccccc1. The molecular formula is C21H24N2O4. The normalized spacial score (nSPS) is 12.7. The molecule has 2 unspecified atom stereocenters. The smallest absolute Gasteiger partial charge is 0.330 e. The summed E-state index contributed by atoms with van der Waals surface area (Å²) in [6, 6.07) is 12.7. The van der Waals surface area contributed by atoms with E-state index in [0.29, 0.717) is 5.56 Å². The van der Waals surface area contributed by atoms with E-state index in [4.69, 9.17) is 0 Å². The summed E-state index contributed by atoms with van der Waals surface area (Å²) in [6.07, 6.45) is -0.0573. The molecule has 0 saturated carbocycles. The third-order valence-electron chi connectivity index (χ3n) is 4.39. The first-order valence-corrected chi connectivity index (χ1v) is 8.69. The average molecular weight is 368 g/mol. The Kier molecular flexibility index (Phi) is 6.71. The maximum atomic E-state index is 12.5. The van der Waals surface area contributed by atoms with Gasteiger partial charge in [-0.3, -0.25) is 9.59 Å². The minimum Gasteiger partial charge on any atom is -0.479 e. The van der Waals surface area contributed by atoms with E-state index in [1.54, 1.807) is 12.1 Å². The highest BCUT2D eigenvalue weighted by molar-refractivity contribution is 5.85. The lowest BCUT2D eigenvalue weighted by atomic mass is 10.00. The average Bonchev–Trinajstić information content (AvgIpc) is 2.62. The van der Waals surface area contributed by atoms with E-state index in [2.05, 4.69) is 10.6 Å². The molecule has 0 saturated heterocycles. The largest absolute Gasteiger partial charge is 0.479 e. The zero-order valence-corrected chi connectivity index (χ0v) is 15.7. The van der Waals surface area contributed by atoms with E-state index >= 15 is 0 Å². The maximum Gasteiger partial charge on any atom is 0.330 e. The Balaban J connectivity index is 2.17. The summed E-state index contributed by atoms with van der Waals surface area (Å²) < 4.78 is 0. The molecule has 0 radical (unpaired) electrons. The molecule has 0 aromatic heterocycles. The molecule has 142 valence electrons. The molecule has 0 spiro atoms. The van der Waals surface area contributed by atoms with Crippen molar-refractivity contribution < 1.29 is 19.5 Å². The Morgan fingerprint density at radius 2 is 1.59 bits per heavy atom. The van der Waals surface area contributed by atoms with Gasteiger partial charge in [0.15, 0.2) is 6.04 Å². The molecule has 6 heteroatoms. The highest BCUT2D eigenvalue weighted by Crippen LogP contribution is 2.20. The second kappa shape index (κ2) is 8.98. The summed E-state index contributed by atoms with van der Waals surface area (Å²) in [5.74, 6) is -1.86. The summed E-state index contributed by atoms with van der Waals surface area (Å²) in [5.41, 5.74) is 3.29. The molecule has 0 bridgehead atoms. The minimum atomic E-state index is -1.15. The van der Waals surface area contributed by atoms with Crippen LogP contribution in [0.15, 0.2) is 48.5 Å². The van der Waals surface area contributed by atoms with Gasteiger partial charge in [-0.25, -0.2) is 4.79 Å². The highest BCUT2D eigenvalue weighted by Gasteiger charge is 2.25. The van der Waals surface area contributed by atoms with Crippen LogP contribution in [0.25, 0.3) is 0 Å². The molecule has 0 aliphatic carbocycles. The second-order valence-electron chi connectivity index (χ2n) is 6.55. The third kappa shape index (κ3) is 5.67. The molecule has 6 nitrogen and oxygen atoms in total. The molecule has 2 rings (SSSR count). The lowest BCUT2D eigenvalue weighted by Gasteiger charge is -2.20. The van der Waals surface area contributed by atoms with Gasteiger partial charge in [-0.1, -0.05) is 48.5 Å². The summed E-state index contributed by atoms with van der Waals surface area (Å²) >= 11 is 0. The van der Waals surface area contributed by atoms with E-state index in [-0.39, 0.29) is 12.3 Å². The number of carbonyl (C=O) groups is 3. The Morgan fingerprint density at radius 3 is 2.15 bits per heavy atom. The molecule has 2 aromatic rings. The van der Waals surface area contributed by atoms with Gasteiger partial charge in [-0.05, 0) is 36.1 Å². The van der Waals surface area contributed by atoms with Gasteiger partial charge in [-0.15, -0.1) is 0 Å². The number of aliphatic carboxylic acids is 1. The molecule has 0 aliphatic heterocycles. The maximum absolute atomic E-state index is 12.5. The van der Waals surface area contributed by atoms with Crippen LogP contribution in [0.1, 0.15) is 47.7 Å². The fourth-order valence-electron chi connectivity index (χ4n) is 2.82. The van der Waals surface area contributed by atoms with Gasteiger partial charge in [0.2, 0.25) is 11.8 Å². The molecule has 2 amide bonds. The monoisotopic (exact) mass is 368 g/mol. The zero-order chi connectivity index (χ0) is 20.0. The summed E-state index contributed by atoms with van der Waals surface area (Å²) in [6.45, 7) is 5.20. The predicted octanol–water partition coefficient (Wildman–Crippen LogP) is 2.81. The Morgan fingerprint density at radius 1 is 0.926 bits per heavy atom. The number of amides is 2. The fraction of sp³-hybridized carbons (Fsp3) is 0.286. The van der Waals surface area contributed by atoms with Crippen LogP contribution in [-0.4, -0.2) is 22.9 Å². The van der Waals surface area contributed by atoms with Crippen LogP contribution in [0.2, 0.25) is 0 Å². The Hall–Kier alpha value is -3.15. The molecule has 0 fully saturated rings. The number of aryl methyl sites for hydroxylation is 2. The van der Waals surface area contributed by atoms with E-state index in [0.717, 1.165) is 16.7 Å². The zero-order valence-electron chi connectivity index (χ0n) is 15.7. The summed E-state index contributed by atoms with van der Waals surface area (Å²) in [7, 11) is 0. The molecular weight excluding hydrogens is 344 g/mol. The van der Waals surface area contributed by atoms with Crippen molar-refractivity contribution in [3.63, 3.8) is 0 Å². The first-order chi connectivity index (χ1) is 12.8. The summed E-state index contributed by atoms with van der Waals surface area (Å²) in [5, 5.41) is 14.8. The lowest BCUT2D eigenvalue weighted by molar-refractivity contribution is -0.142. The number of carbonyl (C=O) groups excluding carboxylic acids is 2. The van der Waals surface area contributed by atoms with E-state index < -0.39 is 24.0 Å². The van der Waals surface area contributed by atoms with Gasteiger partial charge in [0.25, 0.3) is 0 Å². The van der Waals surface area contributed by atoms with Crippen LogP contribution in [0.3, 0.4) is 0 Å². The van der Waals surface area contributed by atoms with Crippen molar-refractivity contribution in [3.05, 3.63) is 70.8 Å².